The van der Waals surface area contributed by atoms with Crippen LogP contribution in [0.25, 0.3) is 0 Å². The minimum atomic E-state index is -0.731. The summed E-state index contributed by atoms with van der Waals surface area (Å²) in [5.41, 5.74) is 7.26. The summed E-state index contributed by atoms with van der Waals surface area (Å²) in [6.45, 7) is 2.58. The van der Waals surface area contributed by atoms with Gasteiger partial charge in [0.25, 0.3) is 0 Å². The molecule has 1 aliphatic rings. The quantitative estimate of drug-likeness (QED) is 0.875. The van der Waals surface area contributed by atoms with Crippen molar-refractivity contribution in [2.75, 3.05) is 13.1 Å². The summed E-state index contributed by atoms with van der Waals surface area (Å²) < 4.78 is 0. The van der Waals surface area contributed by atoms with Crippen LogP contribution < -0.4 is 5.73 Å². The van der Waals surface area contributed by atoms with Crippen molar-refractivity contribution in [1.82, 2.24) is 4.90 Å². The first-order valence-corrected chi connectivity index (χ1v) is 7.35. The van der Waals surface area contributed by atoms with Gasteiger partial charge in [0.15, 0.2) is 0 Å². The van der Waals surface area contributed by atoms with Gasteiger partial charge in [0, 0.05) is 37.1 Å². The van der Waals surface area contributed by atoms with Crippen LogP contribution in [0, 0.1) is 5.92 Å². The molecule has 2 atom stereocenters. The molecule has 110 valence electrons. The van der Waals surface area contributed by atoms with Crippen LogP contribution in [0.4, 0.5) is 0 Å². The number of halogens is 1. The number of nitrogens with zero attached hydrogens (tertiary/aromatic N) is 1. The Kier molecular flexibility index (Phi) is 5.40. The Morgan fingerprint density at radius 1 is 1.45 bits per heavy atom. The molecule has 0 radical (unpaired) electrons. The highest BCUT2D eigenvalue weighted by Crippen LogP contribution is 2.22. The van der Waals surface area contributed by atoms with E-state index < -0.39 is 5.97 Å². The van der Waals surface area contributed by atoms with E-state index in [0.29, 0.717) is 12.3 Å². The molecule has 2 rings (SSSR count). The number of hydrogen-bond donors (Lipinski definition) is 2. The average molecular weight is 297 g/mol. The van der Waals surface area contributed by atoms with E-state index in [4.69, 9.17) is 22.4 Å². The number of benzene rings is 1. The van der Waals surface area contributed by atoms with Gasteiger partial charge >= 0.3 is 5.97 Å². The van der Waals surface area contributed by atoms with E-state index in [1.54, 1.807) is 0 Å². The second-order valence-electron chi connectivity index (χ2n) is 5.62. The number of likely N-dealkylation sites (tertiary alicyclic amines) is 1. The largest absolute Gasteiger partial charge is 0.481 e. The van der Waals surface area contributed by atoms with Gasteiger partial charge in [-0.25, -0.2) is 0 Å². The first kappa shape index (κ1) is 15.3. The number of carboxylic acids is 1. The van der Waals surface area contributed by atoms with E-state index >= 15 is 0 Å². The zero-order chi connectivity index (χ0) is 14.5. The molecular formula is C15H21ClN2O2. The van der Waals surface area contributed by atoms with Crippen molar-refractivity contribution < 1.29 is 9.90 Å². The zero-order valence-corrected chi connectivity index (χ0v) is 12.2. The Hall–Kier alpha value is -1.10. The summed E-state index contributed by atoms with van der Waals surface area (Å²) in [5, 5.41) is 9.52. The Balaban J connectivity index is 1.92. The molecule has 4 nitrogen and oxygen atoms in total. The first-order valence-electron chi connectivity index (χ1n) is 6.97. The first-order chi connectivity index (χ1) is 9.52. The lowest BCUT2D eigenvalue weighted by molar-refractivity contribution is -0.137. The Bertz CT molecular complexity index is 467. The number of carbonyl (C=O) groups is 1. The van der Waals surface area contributed by atoms with E-state index in [9.17, 15) is 4.79 Å². The highest BCUT2D eigenvalue weighted by molar-refractivity contribution is 6.30. The van der Waals surface area contributed by atoms with Gasteiger partial charge in [0.1, 0.15) is 0 Å². The fourth-order valence-corrected chi connectivity index (χ4v) is 3.12. The van der Waals surface area contributed by atoms with Gasteiger partial charge in [0.2, 0.25) is 0 Å². The molecule has 0 aromatic heterocycles. The Labute approximate surface area is 124 Å². The summed E-state index contributed by atoms with van der Waals surface area (Å²) in [6.07, 6.45) is 1.84. The molecule has 3 N–H and O–H groups in total. The molecule has 0 saturated carbocycles. The smallest absolute Gasteiger partial charge is 0.303 e. The predicted octanol–water partition coefficient (Wildman–Crippen LogP) is 2.35. The number of rotatable bonds is 5. The molecule has 20 heavy (non-hydrogen) atoms. The van der Waals surface area contributed by atoms with E-state index in [1.807, 2.05) is 18.2 Å². The summed E-state index contributed by atoms with van der Waals surface area (Å²) in [5.74, 6) is -0.362. The molecule has 0 amide bonds. The van der Waals surface area contributed by atoms with Crippen molar-refractivity contribution in [2.24, 2.45) is 11.7 Å². The highest BCUT2D eigenvalue weighted by atomic mass is 35.5. The van der Waals surface area contributed by atoms with Crippen LogP contribution >= 0.6 is 11.6 Å². The second-order valence-corrected chi connectivity index (χ2v) is 6.05. The molecule has 1 aromatic rings. The number of nitrogens with two attached hydrogens (primary N) is 1. The summed E-state index contributed by atoms with van der Waals surface area (Å²) in [4.78, 5) is 13.0. The molecule has 1 aliphatic heterocycles. The number of carboxylic acid groups (broad SMARTS) is 1. The Morgan fingerprint density at radius 2 is 2.25 bits per heavy atom. The van der Waals surface area contributed by atoms with Crippen molar-refractivity contribution in [3.05, 3.63) is 34.9 Å². The molecule has 0 aliphatic carbocycles. The van der Waals surface area contributed by atoms with Gasteiger partial charge in [-0.2, -0.15) is 0 Å². The summed E-state index contributed by atoms with van der Waals surface area (Å²) in [6, 6.07) is 7.96. The van der Waals surface area contributed by atoms with Crippen LogP contribution in [0.5, 0.6) is 0 Å². The van der Waals surface area contributed by atoms with Crippen LogP contribution in [0.2, 0.25) is 5.02 Å². The summed E-state index contributed by atoms with van der Waals surface area (Å²) in [7, 11) is 0. The van der Waals surface area contributed by atoms with Gasteiger partial charge < -0.3 is 10.8 Å². The molecule has 5 heteroatoms. The van der Waals surface area contributed by atoms with E-state index in [2.05, 4.69) is 11.0 Å². The highest BCUT2D eigenvalue weighted by Gasteiger charge is 2.25. The third-order valence-corrected chi connectivity index (χ3v) is 3.94. The zero-order valence-electron chi connectivity index (χ0n) is 11.5. The molecule has 0 bridgehead atoms. The average Bonchev–Trinajstić information content (AvgIpc) is 2.35. The van der Waals surface area contributed by atoms with Gasteiger partial charge in [-0.3, -0.25) is 9.69 Å². The second kappa shape index (κ2) is 7.07. The number of hydrogen-bond acceptors (Lipinski definition) is 3. The van der Waals surface area contributed by atoms with Crippen LogP contribution in [0.1, 0.15) is 24.8 Å². The van der Waals surface area contributed by atoms with Crippen LogP contribution in [0.15, 0.2) is 24.3 Å². The van der Waals surface area contributed by atoms with Gasteiger partial charge in [-0.05, 0) is 36.5 Å². The molecule has 2 unspecified atom stereocenters. The van der Waals surface area contributed by atoms with E-state index in [-0.39, 0.29) is 12.5 Å². The lowest BCUT2D eigenvalue weighted by Gasteiger charge is -2.36. The third kappa shape index (κ3) is 4.78. The van der Waals surface area contributed by atoms with Crippen molar-refractivity contribution in [1.29, 1.82) is 0 Å². The molecule has 1 heterocycles. The van der Waals surface area contributed by atoms with Crippen LogP contribution in [0.3, 0.4) is 0 Å². The minimum absolute atomic E-state index is 0.127. The molecule has 1 fully saturated rings. The van der Waals surface area contributed by atoms with Crippen LogP contribution in [-0.2, 0) is 11.3 Å². The van der Waals surface area contributed by atoms with Crippen molar-refractivity contribution in [3.63, 3.8) is 0 Å². The lowest BCUT2D eigenvalue weighted by atomic mass is 9.90. The third-order valence-electron chi connectivity index (χ3n) is 3.71. The van der Waals surface area contributed by atoms with Gasteiger partial charge in [0.05, 0.1) is 0 Å². The van der Waals surface area contributed by atoms with Crippen molar-refractivity contribution in [3.8, 4) is 0 Å². The number of piperidine rings is 1. The fourth-order valence-electron chi connectivity index (χ4n) is 2.91. The maximum absolute atomic E-state index is 10.7. The standard InChI is InChI=1S/C15H21ClN2O2/c16-13-3-1-2-11(6-13)8-18-9-12(4-5-15(19)20)7-14(17)10-18/h1-3,6,12,14H,4-5,7-10,17H2,(H,19,20). The molecule has 1 aromatic carbocycles. The van der Waals surface area contributed by atoms with Gasteiger partial charge in [-0.1, -0.05) is 23.7 Å². The monoisotopic (exact) mass is 296 g/mol. The van der Waals surface area contributed by atoms with Crippen molar-refractivity contribution >= 4 is 17.6 Å². The Morgan fingerprint density at radius 3 is 2.95 bits per heavy atom. The molecule has 1 saturated heterocycles. The lowest BCUT2D eigenvalue weighted by Crippen LogP contribution is -2.46. The van der Waals surface area contributed by atoms with E-state index in [1.165, 1.54) is 5.56 Å². The van der Waals surface area contributed by atoms with E-state index in [0.717, 1.165) is 31.1 Å². The molecular weight excluding hydrogens is 276 g/mol. The summed E-state index contributed by atoms with van der Waals surface area (Å²) >= 11 is 6.00. The normalized spacial score (nSPS) is 23.7. The predicted molar refractivity (Wildman–Crippen MR) is 79.7 cm³/mol. The maximum Gasteiger partial charge on any atom is 0.303 e. The fraction of sp³-hybridized carbons (Fsp3) is 0.533. The number of aliphatic carboxylic acids is 1. The SMILES string of the molecule is NC1CC(CCC(=O)O)CN(Cc2cccc(Cl)c2)C1. The van der Waals surface area contributed by atoms with Gasteiger partial charge in [-0.15, -0.1) is 0 Å². The molecule has 0 spiro atoms. The maximum atomic E-state index is 10.7. The topological polar surface area (TPSA) is 66.6 Å². The van der Waals surface area contributed by atoms with Crippen molar-refractivity contribution in [2.45, 2.75) is 31.8 Å². The van der Waals surface area contributed by atoms with Crippen LogP contribution in [-0.4, -0.2) is 35.1 Å². The minimum Gasteiger partial charge on any atom is -0.481 e.